The minimum atomic E-state index is -0.336. The molecule has 0 radical (unpaired) electrons. The molecular weight excluding hydrogens is 350 g/mol. The van der Waals surface area contributed by atoms with Gasteiger partial charge in [0.05, 0.1) is 11.9 Å². The molecule has 134 valence electrons. The zero-order valence-electron chi connectivity index (χ0n) is 14.5. The van der Waals surface area contributed by atoms with Crippen molar-refractivity contribution in [3.63, 3.8) is 0 Å². The van der Waals surface area contributed by atoms with Crippen molar-refractivity contribution in [1.29, 1.82) is 0 Å². The number of aromatic nitrogens is 4. The van der Waals surface area contributed by atoms with Gasteiger partial charge >= 0.3 is 0 Å². The maximum Gasteiger partial charge on any atom is 0.269 e. The third-order valence-electron chi connectivity index (χ3n) is 3.55. The molecule has 0 aliphatic heterocycles. The minimum Gasteiger partial charge on any atom is -0.303 e. The smallest absolute Gasteiger partial charge is 0.269 e. The fourth-order valence-corrected chi connectivity index (χ4v) is 3.34. The summed E-state index contributed by atoms with van der Waals surface area (Å²) in [6.07, 6.45) is 3.63. The molecule has 26 heavy (non-hydrogen) atoms. The Balaban J connectivity index is 1.71. The zero-order valence-corrected chi connectivity index (χ0v) is 15.4. The van der Waals surface area contributed by atoms with Crippen LogP contribution in [-0.2, 0) is 17.8 Å². The molecule has 0 saturated carbocycles. The SMILES string of the molecule is CC(C)Cc1nnc(NC(=O)Cn2cc(-c3ccccc3)ncc2=O)s1. The zero-order chi connectivity index (χ0) is 18.5. The molecule has 1 N–H and O–H groups in total. The molecule has 0 saturated heterocycles. The molecule has 1 aromatic carbocycles. The van der Waals surface area contributed by atoms with E-state index >= 15 is 0 Å². The molecule has 0 spiro atoms. The van der Waals surface area contributed by atoms with Gasteiger partial charge in [-0.15, -0.1) is 10.2 Å². The molecule has 0 unspecified atom stereocenters. The number of carbonyl (C=O) groups excluding carboxylic acids is 1. The first kappa shape index (κ1) is 17.9. The van der Waals surface area contributed by atoms with Crippen LogP contribution in [-0.4, -0.2) is 25.7 Å². The third-order valence-corrected chi connectivity index (χ3v) is 4.42. The standard InChI is InChI=1S/C18H19N5O2S/c1-12(2)8-16-21-22-18(26-16)20-15(24)11-23-10-14(19-9-17(23)25)13-6-4-3-5-7-13/h3-7,9-10,12H,8,11H2,1-2H3,(H,20,22,24). The molecule has 0 aliphatic rings. The summed E-state index contributed by atoms with van der Waals surface area (Å²) in [6, 6.07) is 9.48. The highest BCUT2D eigenvalue weighted by atomic mass is 32.1. The Morgan fingerprint density at radius 1 is 1.23 bits per heavy atom. The Hall–Kier alpha value is -2.87. The van der Waals surface area contributed by atoms with E-state index in [1.54, 1.807) is 6.20 Å². The Bertz CT molecular complexity index is 949. The van der Waals surface area contributed by atoms with Crippen molar-refractivity contribution in [2.75, 3.05) is 5.32 Å². The lowest BCUT2D eigenvalue weighted by Crippen LogP contribution is -2.27. The summed E-state index contributed by atoms with van der Waals surface area (Å²) in [5, 5.41) is 12.1. The summed E-state index contributed by atoms with van der Waals surface area (Å²) in [5.74, 6) is 0.142. The van der Waals surface area contributed by atoms with Crippen LogP contribution in [0, 0.1) is 5.92 Å². The highest BCUT2D eigenvalue weighted by Gasteiger charge is 2.11. The molecule has 3 aromatic rings. The highest BCUT2D eigenvalue weighted by Crippen LogP contribution is 2.18. The lowest BCUT2D eigenvalue weighted by molar-refractivity contribution is -0.116. The van der Waals surface area contributed by atoms with E-state index in [1.165, 1.54) is 22.1 Å². The number of hydrogen-bond acceptors (Lipinski definition) is 6. The van der Waals surface area contributed by atoms with Crippen LogP contribution in [0.1, 0.15) is 18.9 Å². The average Bonchev–Trinajstić information content (AvgIpc) is 3.03. The van der Waals surface area contributed by atoms with Gasteiger partial charge in [0.25, 0.3) is 5.56 Å². The Kier molecular flexibility index (Phi) is 5.52. The van der Waals surface area contributed by atoms with E-state index < -0.39 is 0 Å². The van der Waals surface area contributed by atoms with Crippen LogP contribution >= 0.6 is 11.3 Å². The Morgan fingerprint density at radius 2 is 2.00 bits per heavy atom. The molecule has 0 fully saturated rings. The molecule has 2 aromatic heterocycles. The molecule has 7 nitrogen and oxygen atoms in total. The molecule has 0 atom stereocenters. The van der Waals surface area contributed by atoms with Crippen molar-refractivity contribution in [3.8, 4) is 11.3 Å². The largest absolute Gasteiger partial charge is 0.303 e. The second kappa shape index (κ2) is 8.01. The van der Waals surface area contributed by atoms with Crippen LogP contribution in [0.4, 0.5) is 5.13 Å². The summed E-state index contributed by atoms with van der Waals surface area (Å²) >= 11 is 1.35. The van der Waals surface area contributed by atoms with Crippen LogP contribution in [0.25, 0.3) is 11.3 Å². The second-order valence-electron chi connectivity index (χ2n) is 6.25. The normalized spacial score (nSPS) is 10.9. The molecule has 2 heterocycles. The van der Waals surface area contributed by atoms with Crippen molar-refractivity contribution in [1.82, 2.24) is 19.7 Å². The van der Waals surface area contributed by atoms with Gasteiger partial charge in [0.2, 0.25) is 11.0 Å². The molecule has 1 amide bonds. The van der Waals surface area contributed by atoms with Crippen molar-refractivity contribution in [2.45, 2.75) is 26.8 Å². The van der Waals surface area contributed by atoms with E-state index in [2.05, 4.69) is 34.3 Å². The number of nitrogens with zero attached hydrogens (tertiary/aromatic N) is 4. The number of benzene rings is 1. The van der Waals surface area contributed by atoms with E-state index in [9.17, 15) is 9.59 Å². The number of carbonyl (C=O) groups is 1. The summed E-state index contributed by atoms with van der Waals surface area (Å²) in [7, 11) is 0. The first-order valence-corrected chi connectivity index (χ1v) is 9.07. The molecule has 8 heteroatoms. The van der Waals surface area contributed by atoms with Gasteiger partial charge in [0.15, 0.2) is 0 Å². The fourth-order valence-electron chi connectivity index (χ4n) is 2.37. The summed E-state index contributed by atoms with van der Waals surface area (Å²) in [4.78, 5) is 28.4. The van der Waals surface area contributed by atoms with E-state index in [-0.39, 0.29) is 18.0 Å². The number of amides is 1. The summed E-state index contributed by atoms with van der Waals surface area (Å²) in [6.45, 7) is 4.08. The van der Waals surface area contributed by atoms with Crippen molar-refractivity contribution in [3.05, 3.63) is 58.1 Å². The number of rotatable bonds is 6. The topological polar surface area (TPSA) is 89.8 Å². The first-order valence-electron chi connectivity index (χ1n) is 8.25. The van der Waals surface area contributed by atoms with Crippen LogP contribution in [0.2, 0.25) is 0 Å². The van der Waals surface area contributed by atoms with Crippen molar-refractivity contribution < 1.29 is 4.79 Å². The maximum absolute atomic E-state index is 12.3. The lowest BCUT2D eigenvalue weighted by atomic mass is 10.1. The first-order chi connectivity index (χ1) is 12.5. The maximum atomic E-state index is 12.3. The molecule has 0 bridgehead atoms. The molecule has 0 aliphatic carbocycles. The highest BCUT2D eigenvalue weighted by molar-refractivity contribution is 7.15. The monoisotopic (exact) mass is 369 g/mol. The van der Waals surface area contributed by atoms with Crippen LogP contribution in [0.15, 0.2) is 47.5 Å². The van der Waals surface area contributed by atoms with Crippen LogP contribution in [0.5, 0.6) is 0 Å². The molecule has 3 rings (SSSR count). The lowest BCUT2D eigenvalue weighted by Gasteiger charge is -2.07. The molecular formula is C18H19N5O2S. The van der Waals surface area contributed by atoms with Gasteiger partial charge in [-0.2, -0.15) is 0 Å². The predicted molar refractivity (Wildman–Crippen MR) is 101 cm³/mol. The van der Waals surface area contributed by atoms with Crippen LogP contribution < -0.4 is 10.9 Å². The van der Waals surface area contributed by atoms with Crippen molar-refractivity contribution in [2.24, 2.45) is 5.92 Å². The van der Waals surface area contributed by atoms with Crippen molar-refractivity contribution >= 4 is 22.4 Å². The number of nitrogens with one attached hydrogen (secondary N) is 1. The van der Waals surface area contributed by atoms with Gasteiger partial charge < -0.3 is 4.57 Å². The van der Waals surface area contributed by atoms with Gasteiger partial charge in [-0.1, -0.05) is 55.5 Å². The summed E-state index contributed by atoms with van der Waals surface area (Å²) < 4.78 is 1.33. The average molecular weight is 369 g/mol. The fraction of sp³-hybridized carbons (Fsp3) is 0.278. The van der Waals surface area contributed by atoms with Gasteiger partial charge in [-0.3, -0.25) is 14.9 Å². The number of hydrogen-bond donors (Lipinski definition) is 1. The van der Waals surface area contributed by atoms with E-state index in [0.29, 0.717) is 16.7 Å². The minimum absolute atomic E-state index is 0.111. The Morgan fingerprint density at radius 3 is 2.73 bits per heavy atom. The van der Waals surface area contributed by atoms with E-state index in [1.807, 2.05) is 30.3 Å². The van der Waals surface area contributed by atoms with Gasteiger partial charge in [0, 0.05) is 18.2 Å². The Labute approximate surface area is 154 Å². The van der Waals surface area contributed by atoms with Gasteiger partial charge in [-0.25, -0.2) is 4.98 Å². The van der Waals surface area contributed by atoms with E-state index in [4.69, 9.17) is 0 Å². The van der Waals surface area contributed by atoms with Gasteiger partial charge in [-0.05, 0) is 5.92 Å². The third kappa shape index (κ3) is 4.60. The summed E-state index contributed by atoms with van der Waals surface area (Å²) in [5.41, 5.74) is 1.18. The number of anilines is 1. The quantitative estimate of drug-likeness (QED) is 0.721. The van der Waals surface area contributed by atoms with E-state index in [0.717, 1.165) is 17.0 Å². The predicted octanol–water partition coefficient (Wildman–Crippen LogP) is 2.60. The van der Waals surface area contributed by atoms with Crippen LogP contribution in [0.3, 0.4) is 0 Å². The second-order valence-corrected chi connectivity index (χ2v) is 7.31. The van der Waals surface area contributed by atoms with Gasteiger partial charge in [0.1, 0.15) is 11.6 Å².